The number of para-hydroxylation sites is 1. The number of ether oxygens (including phenoxy) is 1. The molecule has 0 aliphatic carbocycles. The van der Waals surface area contributed by atoms with Gasteiger partial charge in [-0.3, -0.25) is 4.79 Å². The third kappa shape index (κ3) is 3.24. The summed E-state index contributed by atoms with van der Waals surface area (Å²) in [5.41, 5.74) is 1.21. The van der Waals surface area contributed by atoms with E-state index in [0.29, 0.717) is 12.3 Å². The molecule has 0 radical (unpaired) electrons. The molecule has 0 saturated carbocycles. The number of hydrogen-bond acceptors (Lipinski definition) is 4. The van der Waals surface area contributed by atoms with Crippen molar-refractivity contribution >= 4 is 5.91 Å². The number of hydrogen-bond donors (Lipinski definition) is 0. The molecule has 1 atom stereocenters. The largest absolute Gasteiger partial charge is 0.491 e. The van der Waals surface area contributed by atoms with Crippen molar-refractivity contribution in [3.05, 3.63) is 53.9 Å². The summed E-state index contributed by atoms with van der Waals surface area (Å²) in [5, 5.41) is 7.95. The molecule has 1 fully saturated rings. The highest BCUT2D eigenvalue weighted by atomic mass is 16.5. The summed E-state index contributed by atoms with van der Waals surface area (Å²) < 4.78 is 5.80. The zero-order chi connectivity index (χ0) is 15.4. The van der Waals surface area contributed by atoms with Crippen LogP contribution in [0.4, 0.5) is 0 Å². The molecular weight excluding hydrogens is 278 g/mol. The summed E-state index contributed by atoms with van der Waals surface area (Å²) in [6, 6.07) is 13.3. The molecule has 0 spiro atoms. The Morgan fingerprint density at radius 2 is 2.05 bits per heavy atom. The lowest BCUT2D eigenvalue weighted by atomic mass is 10.2. The maximum atomic E-state index is 12.5. The Kier molecular flexibility index (Phi) is 4.32. The fourth-order valence-electron chi connectivity index (χ4n) is 2.65. The molecule has 1 aromatic heterocycles. The number of carbonyl (C=O) groups excluding carboxylic acids is 1. The van der Waals surface area contributed by atoms with Crippen LogP contribution < -0.4 is 4.74 Å². The SMILES string of the molecule is Cc1ccc(C(=O)N2CCC[C@H]2COc2ccccc2)nn1. The highest BCUT2D eigenvalue weighted by Crippen LogP contribution is 2.21. The first-order chi connectivity index (χ1) is 10.7. The first-order valence-electron chi connectivity index (χ1n) is 7.53. The minimum absolute atomic E-state index is 0.0633. The average Bonchev–Trinajstić information content (AvgIpc) is 3.02. The van der Waals surface area contributed by atoms with Crippen molar-refractivity contribution in [2.75, 3.05) is 13.2 Å². The molecule has 5 heteroatoms. The lowest BCUT2D eigenvalue weighted by molar-refractivity contribution is 0.0684. The van der Waals surface area contributed by atoms with Gasteiger partial charge in [-0.2, -0.15) is 5.10 Å². The number of aryl methyl sites for hydroxylation is 1. The third-order valence-electron chi connectivity index (χ3n) is 3.84. The van der Waals surface area contributed by atoms with Gasteiger partial charge in [-0.15, -0.1) is 5.10 Å². The quantitative estimate of drug-likeness (QED) is 0.870. The Balaban J connectivity index is 1.65. The second-order valence-electron chi connectivity index (χ2n) is 5.48. The van der Waals surface area contributed by atoms with E-state index in [0.717, 1.165) is 30.8 Å². The lowest BCUT2D eigenvalue weighted by Crippen LogP contribution is -2.39. The van der Waals surface area contributed by atoms with E-state index in [4.69, 9.17) is 4.74 Å². The monoisotopic (exact) mass is 297 g/mol. The van der Waals surface area contributed by atoms with E-state index in [1.54, 1.807) is 6.07 Å². The van der Waals surface area contributed by atoms with Crippen LogP contribution in [0.1, 0.15) is 29.0 Å². The maximum absolute atomic E-state index is 12.5. The highest BCUT2D eigenvalue weighted by molar-refractivity contribution is 5.92. The van der Waals surface area contributed by atoms with Gasteiger partial charge < -0.3 is 9.64 Å². The number of amides is 1. The van der Waals surface area contributed by atoms with Gasteiger partial charge in [-0.25, -0.2) is 0 Å². The minimum Gasteiger partial charge on any atom is -0.491 e. The molecule has 1 amide bonds. The molecule has 1 saturated heterocycles. The summed E-state index contributed by atoms with van der Waals surface area (Å²) in [4.78, 5) is 14.4. The van der Waals surface area contributed by atoms with E-state index in [-0.39, 0.29) is 11.9 Å². The predicted molar refractivity (Wildman–Crippen MR) is 82.8 cm³/mol. The van der Waals surface area contributed by atoms with Crippen molar-refractivity contribution < 1.29 is 9.53 Å². The van der Waals surface area contributed by atoms with Crippen LogP contribution >= 0.6 is 0 Å². The van der Waals surface area contributed by atoms with Crippen LogP contribution in [0.15, 0.2) is 42.5 Å². The number of likely N-dealkylation sites (tertiary alicyclic amines) is 1. The van der Waals surface area contributed by atoms with Crippen LogP contribution in [-0.2, 0) is 0 Å². The molecule has 3 rings (SSSR count). The molecule has 22 heavy (non-hydrogen) atoms. The molecule has 114 valence electrons. The van der Waals surface area contributed by atoms with Crippen molar-refractivity contribution in [1.82, 2.24) is 15.1 Å². The van der Waals surface area contributed by atoms with E-state index >= 15 is 0 Å². The molecule has 5 nitrogen and oxygen atoms in total. The van der Waals surface area contributed by atoms with Crippen LogP contribution in [0, 0.1) is 6.92 Å². The molecule has 2 heterocycles. The number of benzene rings is 1. The first kappa shape index (κ1) is 14.5. The topological polar surface area (TPSA) is 55.3 Å². The van der Waals surface area contributed by atoms with Crippen molar-refractivity contribution in [2.45, 2.75) is 25.8 Å². The highest BCUT2D eigenvalue weighted by Gasteiger charge is 2.30. The van der Waals surface area contributed by atoms with E-state index in [9.17, 15) is 4.79 Å². The Morgan fingerprint density at radius 3 is 2.77 bits per heavy atom. The fourth-order valence-corrected chi connectivity index (χ4v) is 2.65. The molecule has 1 aliphatic heterocycles. The van der Waals surface area contributed by atoms with Gasteiger partial charge in [0.2, 0.25) is 0 Å². The van der Waals surface area contributed by atoms with Crippen LogP contribution in [0.25, 0.3) is 0 Å². The van der Waals surface area contributed by atoms with Crippen LogP contribution in [0.2, 0.25) is 0 Å². The second kappa shape index (κ2) is 6.56. The number of aromatic nitrogens is 2. The predicted octanol–water partition coefficient (Wildman–Crippen LogP) is 2.47. The van der Waals surface area contributed by atoms with Crippen molar-refractivity contribution in [1.29, 1.82) is 0 Å². The Morgan fingerprint density at radius 1 is 1.23 bits per heavy atom. The summed E-state index contributed by atoms with van der Waals surface area (Å²) >= 11 is 0. The standard InChI is InChI=1S/C17H19N3O2/c1-13-9-10-16(19-18-13)17(21)20-11-5-6-14(20)12-22-15-7-3-2-4-8-15/h2-4,7-10,14H,5-6,11-12H2,1H3/t14-/m0/s1. The molecule has 0 unspecified atom stereocenters. The molecule has 0 bridgehead atoms. The lowest BCUT2D eigenvalue weighted by Gasteiger charge is -2.24. The number of rotatable bonds is 4. The van der Waals surface area contributed by atoms with Crippen LogP contribution in [-0.4, -0.2) is 40.2 Å². The van der Waals surface area contributed by atoms with Gasteiger partial charge in [-0.05, 0) is 44.0 Å². The van der Waals surface area contributed by atoms with Gasteiger partial charge >= 0.3 is 0 Å². The second-order valence-corrected chi connectivity index (χ2v) is 5.48. The van der Waals surface area contributed by atoms with E-state index < -0.39 is 0 Å². The van der Waals surface area contributed by atoms with Crippen molar-refractivity contribution in [2.24, 2.45) is 0 Å². The summed E-state index contributed by atoms with van der Waals surface area (Å²) in [5.74, 6) is 0.767. The third-order valence-corrected chi connectivity index (χ3v) is 3.84. The molecular formula is C17H19N3O2. The maximum Gasteiger partial charge on any atom is 0.274 e. The van der Waals surface area contributed by atoms with Gasteiger partial charge in [-0.1, -0.05) is 18.2 Å². The summed E-state index contributed by atoms with van der Waals surface area (Å²) in [7, 11) is 0. The van der Waals surface area contributed by atoms with Gasteiger partial charge in [0.25, 0.3) is 5.91 Å². The van der Waals surface area contributed by atoms with Crippen LogP contribution in [0.3, 0.4) is 0 Å². The van der Waals surface area contributed by atoms with Crippen molar-refractivity contribution in [3.63, 3.8) is 0 Å². The van der Waals surface area contributed by atoms with Crippen molar-refractivity contribution in [3.8, 4) is 5.75 Å². The van der Waals surface area contributed by atoms with Gasteiger partial charge in [0.1, 0.15) is 12.4 Å². The zero-order valence-electron chi connectivity index (χ0n) is 12.6. The Labute approximate surface area is 129 Å². The van der Waals surface area contributed by atoms with E-state index in [2.05, 4.69) is 10.2 Å². The minimum atomic E-state index is -0.0633. The molecule has 2 aromatic rings. The molecule has 1 aliphatic rings. The summed E-state index contributed by atoms with van der Waals surface area (Å²) in [6.07, 6.45) is 1.95. The number of nitrogens with zero attached hydrogens (tertiary/aromatic N) is 3. The Hall–Kier alpha value is -2.43. The van der Waals surface area contributed by atoms with E-state index in [1.165, 1.54) is 0 Å². The van der Waals surface area contributed by atoms with Crippen LogP contribution in [0.5, 0.6) is 5.75 Å². The molecule has 1 aromatic carbocycles. The Bertz CT molecular complexity index is 628. The summed E-state index contributed by atoms with van der Waals surface area (Å²) in [6.45, 7) is 3.11. The smallest absolute Gasteiger partial charge is 0.274 e. The first-order valence-corrected chi connectivity index (χ1v) is 7.53. The zero-order valence-corrected chi connectivity index (χ0v) is 12.6. The van der Waals surface area contributed by atoms with Gasteiger partial charge in [0, 0.05) is 6.54 Å². The fraction of sp³-hybridized carbons (Fsp3) is 0.353. The van der Waals surface area contributed by atoms with Gasteiger partial charge in [0.15, 0.2) is 5.69 Å². The number of carbonyl (C=O) groups is 1. The normalized spacial score (nSPS) is 17.5. The average molecular weight is 297 g/mol. The van der Waals surface area contributed by atoms with Gasteiger partial charge in [0.05, 0.1) is 11.7 Å². The molecule has 0 N–H and O–H groups in total. The van der Waals surface area contributed by atoms with E-state index in [1.807, 2.05) is 48.2 Å².